The molecule has 8 heteroatoms. The van der Waals surface area contributed by atoms with Crippen molar-refractivity contribution in [1.82, 2.24) is 24.3 Å². The Morgan fingerprint density at radius 1 is 0.886 bits per heavy atom. The van der Waals surface area contributed by atoms with Crippen molar-refractivity contribution >= 4 is 37.4 Å². The van der Waals surface area contributed by atoms with Gasteiger partial charge in [-0.15, -0.1) is 9.24 Å². The van der Waals surface area contributed by atoms with Crippen molar-refractivity contribution in [3.05, 3.63) is 53.5 Å². The summed E-state index contributed by atoms with van der Waals surface area (Å²) in [6.07, 6.45) is 12.2. The van der Waals surface area contributed by atoms with E-state index < -0.39 is 0 Å². The Hall–Kier alpha value is -3.05. The Morgan fingerprint density at radius 3 is 2.43 bits per heavy atom. The average Bonchev–Trinajstić information content (AvgIpc) is 3.42. The zero-order valence-electron chi connectivity index (χ0n) is 20.5. The Balaban J connectivity index is 1.52. The quantitative estimate of drug-likeness (QED) is 0.336. The summed E-state index contributed by atoms with van der Waals surface area (Å²) < 4.78 is 4.15. The average molecular weight is 489 g/mol. The van der Waals surface area contributed by atoms with Gasteiger partial charge < -0.3 is 4.57 Å². The van der Waals surface area contributed by atoms with E-state index in [1.165, 1.54) is 37.7 Å². The molecule has 5 rings (SSSR count). The van der Waals surface area contributed by atoms with Crippen LogP contribution in [0.4, 0.5) is 5.95 Å². The predicted octanol–water partition coefficient (Wildman–Crippen LogP) is 5.41. The van der Waals surface area contributed by atoms with Crippen LogP contribution in [0.2, 0.25) is 0 Å². The van der Waals surface area contributed by atoms with Gasteiger partial charge in [0.25, 0.3) is 5.91 Å². The summed E-state index contributed by atoms with van der Waals surface area (Å²) in [5.41, 5.74) is 6.21. The summed E-state index contributed by atoms with van der Waals surface area (Å²) in [6, 6.07) is 7.91. The normalized spacial score (nSPS) is 15.7. The third-order valence-corrected chi connectivity index (χ3v) is 7.40. The molecule has 1 aliphatic rings. The fraction of sp³-hybridized carbons (Fsp3) is 0.407. The van der Waals surface area contributed by atoms with Crippen molar-refractivity contribution in [2.24, 2.45) is 0 Å². The van der Waals surface area contributed by atoms with Gasteiger partial charge in [-0.25, -0.2) is 4.98 Å². The smallest absolute Gasteiger partial charge is 0.258 e. The molecule has 1 aliphatic heterocycles. The summed E-state index contributed by atoms with van der Waals surface area (Å²) in [4.78, 5) is 22.9. The molecule has 0 spiro atoms. The van der Waals surface area contributed by atoms with Gasteiger partial charge in [0.2, 0.25) is 5.95 Å². The van der Waals surface area contributed by atoms with Crippen LogP contribution in [0.25, 0.3) is 22.3 Å². The maximum atomic E-state index is 13.4. The van der Waals surface area contributed by atoms with Gasteiger partial charge in [0, 0.05) is 36.1 Å². The van der Waals surface area contributed by atoms with Gasteiger partial charge >= 0.3 is 0 Å². The van der Waals surface area contributed by atoms with E-state index >= 15 is 0 Å². The molecule has 0 saturated carbocycles. The molecule has 7 nitrogen and oxygen atoms in total. The largest absolute Gasteiger partial charge is 0.310 e. The van der Waals surface area contributed by atoms with E-state index in [0.29, 0.717) is 11.5 Å². The number of hydrogen-bond acceptors (Lipinski definition) is 4. The first-order chi connectivity index (χ1) is 17.0. The molecule has 4 heterocycles. The Bertz CT molecular complexity index is 1370. The minimum absolute atomic E-state index is 0.179. The first-order valence-corrected chi connectivity index (χ1v) is 13.1. The van der Waals surface area contributed by atoms with Gasteiger partial charge in [-0.2, -0.15) is 5.10 Å². The molecule has 1 amide bonds. The molecule has 4 bridgehead atoms. The molecule has 1 atom stereocenters. The number of aryl methyl sites for hydroxylation is 4. The zero-order valence-corrected chi connectivity index (χ0v) is 21.7. The second-order valence-corrected chi connectivity index (χ2v) is 10.2. The van der Waals surface area contributed by atoms with Gasteiger partial charge in [0.05, 0.1) is 22.9 Å². The molecule has 1 unspecified atom stereocenters. The lowest BCUT2D eigenvalue weighted by molar-refractivity contribution is 0.102. The van der Waals surface area contributed by atoms with Gasteiger partial charge in [-0.05, 0) is 61.8 Å². The van der Waals surface area contributed by atoms with Gasteiger partial charge in [-0.1, -0.05) is 32.1 Å². The Morgan fingerprint density at radius 2 is 1.63 bits per heavy atom. The number of nitrogens with one attached hydrogen (secondary N) is 1. The fourth-order valence-electron chi connectivity index (χ4n) is 4.78. The van der Waals surface area contributed by atoms with Crippen LogP contribution in [0.1, 0.15) is 66.6 Å². The minimum atomic E-state index is -0.179. The van der Waals surface area contributed by atoms with Crippen LogP contribution in [0, 0.1) is 13.8 Å². The molecular formula is C27H33N6OP. The molecule has 0 radical (unpaired) electrons. The third-order valence-electron chi connectivity index (χ3n) is 6.77. The number of amides is 1. The summed E-state index contributed by atoms with van der Waals surface area (Å²) in [5, 5.41) is 8.74. The van der Waals surface area contributed by atoms with Crippen molar-refractivity contribution in [2.45, 2.75) is 71.9 Å². The summed E-state index contributed by atoms with van der Waals surface area (Å²) in [6.45, 7) is 5.76. The molecule has 3 aromatic heterocycles. The fourth-order valence-corrected chi connectivity index (χ4v) is 5.02. The second-order valence-electron chi connectivity index (χ2n) is 9.59. The van der Waals surface area contributed by atoms with E-state index in [1.807, 2.05) is 36.1 Å². The van der Waals surface area contributed by atoms with Crippen LogP contribution in [0.15, 0.2) is 36.7 Å². The van der Waals surface area contributed by atoms with Crippen LogP contribution in [0.3, 0.4) is 0 Å². The van der Waals surface area contributed by atoms with E-state index in [1.54, 1.807) is 0 Å². The first-order valence-electron chi connectivity index (χ1n) is 12.6. The topological polar surface area (TPSA) is 77.6 Å². The molecule has 0 aliphatic carbocycles. The van der Waals surface area contributed by atoms with E-state index in [-0.39, 0.29) is 5.91 Å². The van der Waals surface area contributed by atoms with Crippen molar-refractivity contribution in [3.63, 3.8) is 0 Å². The van der Waals surface area contributed by atoms with Crippen LogP contribution in [-0.2, 0) is 13.1 Å². The van der Waals surface area contributed by atoms with Gasteiger partial charge in [-0.3, -0.25) is 19.8 Å². The highest BCUT2D eigenvalue weighted by atomic mass is 31.0. The number of aromatic nitrogens is 5. The molecule has 35 heavy (non-hydrogen) atoms. The molecule has 1 aromatic carbocycles. The predicted molar refractivity (Wildman–Crippen MR) is 144 cm³/mol. The van der Waals surface area contributed by atoms with E-state index in [4.69, 9.17) is 4.98 Å². The number of benzene rings is 1. The lowest BCUT2D eigenvalue weighted by Gasteiger charge is -2.11. The SMILES string of the molecule is Cc1cc2cc(n1)-c1cnn(c1)CCCCCCCCCn1c(nc3cc(P)c(C)cc31)NC2=O. The number of rotatable bonds is 0. The minimum Gasteiger partial charge on any atom is -0.310 e. The van der Waals surface area contributed by atoms with Crippen molar-refractivity contribution in [1.29, 1.82) is 0 Å². The lowest BCUT2D eigenvalue weighted by atomic mass is 10.1. The Labute approximate surface area is 208 Å². The van der Waals surface area contributed by atoms with Gasteiger partial charge in [0.1, 0.15) is 0 Å². The van der Waals surface area contributed by atoms with Gasteiger partial charge in [0.15, 0.2) is 0 Å². The Kier molecular flexibility index (Phi) is 6.96. The molecule has 0 fully saturated rings. The van der Waals surface area contributed by atoms with E-state index in [0.717, 1.165) is 59.2 Å². The van der Waals surface area contributed by atoms with E-state index in [9.17, 15) is 4.79 Å². The second kappa shape index (κ2) is 10.3. The number of pyridine rings is 1. The van der Waals surface area contributed by atoms with Crippen molar-refractivity contribution < 1.29 is 4.79 Å². The number of imidazole rings is 1. The third kappa shape index (κ3) is 5.30. The maximum absolute atomic E-state index is 13.4. The summed E-state index contributed by atoms with van der Waals surface area (Å²) >= 11 is 0. The summed E-state index contributed by atoms with van der Waals surface area (Å²) in [7, 11) is 2.78. The molecule has 182 valence electrons. The number of anilines is 1. The van der Waals surface area contributed by atoms with Crippen LogP contribution in [-0.4, -0.2) is 30.2 Å². The maximum Gasteiger partial charge on any atom is 0.258 e. The van der Waals surface area contributed by atoms with Crippen LogP contribution >= 0.6 is 9.24 Å². The molecule has 4 aromatic rings. The highest BCUT2D eigenvalue weighted by Crippen LogP contribution is 2.24. The highest BCUT2D eigenvalue weighted by molar-refractivity contribution is 7.27. The van der Waals surface area contributed by atoms with Crippen LogP contribution in [0.5, 0.6) is 0 Å². The number of fused-ring (bicyclic) bond motifs is 8. The highest BCUT2D eigenvalue weighted by Gasteiger charge is 2.17. The standard InChI is InChI=1S/C27H33N6OP/c1-18-12-24-23(15-25(18)35)30-27-31-26(34)20-13-19(2)29-22(14-20)21-16-28-32(17-21)10-8-6-4-3-5-7-9-11-33(24)27/h12-17H,3-11,35H2,1-2H3,(H,30,31,34). The molecular weight excluding hydrogens is 455 g/mol. The number of hydrogen-bond donors (Lipinski definition) is 1. The summed E-state index contributed by atoms with van der Waals surface area (Å²) in [5.74, 6) is 0.420. The number of carbonyl (C=O) groups is 1. The van der Waals surface area contributed by atoms with Crippen LogP contribution < -0.4 is 10.6 Å². The molecule has 1 N–H and O–H groups in total. The zero-order chi connectivity index (χ0) is 24.4. The number of carbonyl (C=O) groups excluding carboxylic acids is 1. The monoisotopic (exact) mass is 488 g/mol. The first kappa shape index (κ1) is 23.7. The molecule has 0 saturated heterocycles. The van der Waals surface area contributed by atoms with Crippen molar-refractivity contribution in [3.8, 4) is 11.3 Å². The van der Waals surface area contributed by atoms with E-state index in [2.05, 4.69) is 48.3 Å². The lowest BCUT2D eigenvalue weighted by Crippen LogP contribution is -2.17. The van der Waals surface area contributed by atoms with Crippen molar-refractivity contribution in [2.75, 3.05) is 5.32 Å². The number of nitrogens with zero attached hydrogens (tertiary/aromatic N) is 5.